The van der Waals surface area contributed by atoms with Crippen LogP contribution in [0.4, 0.5) is 0 Å². The fraction of sp³-hybridized carbons (Fsp3) is 1.00. The molecule has 0 N–H and O–H groups in total. The van der Waals surface area contributed by atoms with Gasteiger partial charge in [-0.3, -0.25) is 0 Å². The summed E-state index contributed by atoms with van der Waals surface area (Å²) >= 11 is 0. The molecule has 98 valence electrons. The van der Waals surface area contributed by atoms with Gasteiger partial charge >= 0.3 is 0 Å². The summed E-state index contributed by atoms with van der Waals surface area (Å²) in [4.78, 5) is 0. The minimum Gasteiger partial charge on any atom is -0.382 e. The van der Waals surface area contributed by atoms with Crippen molar-refractivity contribution in [2.45, 2.75) is 51.9 Å². The lowest BCUT2D eigenvalue weighted by molar-refractivity contribution is -0.0664. The van der Waals surface area contributed by atoms with Crippen LogP contribution in [0.25, 0.3) is 0 Å². The summed E-state index contributed by atoms with van der Waals surface area (Å²) in [5.41, 5.74) is 0. The van der Waals surface area contributed by atoms with Crippen molar-refractivity contribution < 1.29 is 14.2 Å². The van der Waals surface area contributed by atoms with E-state index in [1.165, 1.54) is 38.5 Å². The Labute approximate surface area is 100 Å². The van der Waals surface area contributed by atoms with E-state index in [0.717, 1.165) is 13.0 Å². The van der Waals surface area contributed by atoms with Gasteiger partial charge in [0, 0.05) is 13.7 Å². The molecule has 0 amide bonds. The molecule has 3 nitrogen and oxygen atoms in total. The van der Waals surface area contributed by atoms with E-state index in [1.807, 2.05) is 0 Å². The zero-order valence-corrected chi connectivity index (χ0v) is 11.0. The average Bonchev–Trinajstić information content (AvgIpc) is 2.31. The molecule has 0 saturated carbocycles. The first-order valence-corrected chi connectivity index (χ1v) is 6.56. The number of unbranched alkanes of at least 4 members (excludes halogenated alkanes) is 6. The van der Waals surface area contributed by atoms with Crippen molar-refractivity contribution in [3.8, 4) is 0 Å². The predicted molar refractivity (Wildman–Crippen MR) is 66.6 cm³/mol. The van der Waals surface area contributed by atoms with Crippen LogP contribution >= 0.6 is 0 Å². The van der Waals surface area contributed by atoms with Gasteiger partial charge in [0.2, 0.25) is 0 Å². The molecule has 0 atom stereocenters. The third kappa shape index (κ3) is 13.9. The van der Waals surface area contributed by atoms with Crippen molar-refractivity contribution >= 4 is 0 Å². The molecule has 16 heavy (non-hydrogen) atoms. The van der Waals surface area contributed by atoms with Gasteiger partial charge in [-0.2, -0.15) is 0 Å². The van der Waals surface area contributed by atoms with E-state index >= 15 is 0 Å². The summed E-state index contributed by atoms with van der Waals surface area (Å²) < 4.78 is 15.4. The lowest BCUT2D eigenvalue weighted by atomic mass is 10.1. The van der Waals surface area contributed by atoms with Crippen LogP contribution in [0.5, 0.6) is 0 Å². The zero-order valence-electron chi connectivity index (χ0n) is 11.0. The van der Waals surface area contributed by atoms with Crippen LogP contribution in [0.3, 0.4) is 0 Å². The van der Waals surface area contributed by atoms with Crippen LogP contribution in [0.1, 0.15) is 51.9 Å². The molecule has 3 heteroatoms. The topological polar surface area (TPSA) is 27.7 Å². The Morgan fingerprint density at radius 1 is 0.688 bits per heavy atom. The minimum atomic E-state index is 0.402. The lowest BCUT2D eigenvalue weighted by Crippen LogP contribution is -2.06. The highest BCUT2D eigenvalue weighted by Crippen LogP contribution is 2.06. The van der Waals surface area contributed by atoms with Gasteiger partial charge in [-0.1, -0.05) is 45.4 Å². The molecule has 0 aliphatic heterocycles. The standard InChI is InChI=1S/C13H28O3/c1-3-4-5-6-7-8-9-10-15-13-16-12-11-14-2/h3-13H2,1-2H3. The predicted octanol–water partition coefficient (Wildman–Crippen LogP) is 3.37. The second-order valence-corrected chi connectivity index (χ2v) is 4.05. The van der Waals surface area contributed by atoms with E-state index in [0.29, 0.717) is 20.0 Å². The molecule has 0 unspecified atom stereocenters. The molecule has 0 fully saturated rings. The molecule has 0 aromatic heterocycles. The van der Waals surface area contributed by atoms with Gasteiger partial charge in [-0.25, -0.2) is 0 Å². The van der Waals surface area contributed by atoms with Crippen molar-refractivity contribution in [2.75, 3.05) is 33.7 Å². The molecular weight excluding hydrogens is 204 g/mol. The van der Waals surface area contributed by atoms with Gasteiger partial charge in [0.25, 0.3) is 0 Å². The highest BCUT2D eigenvalue weighted by molar-refractivity contribution is 4.44. The van der Waals surface area contributed by atoms with Crippen molar-refractivity contribution in [3.05, 3.63) is 0 Å². The Morgan fingerprint density at radius 3 is 2.00 bits per heavy atom. The maximum absolute atomic E-state index is 5.33. The molecular formula is C13H28O3. The first kappa shape index (κ1) is 15.9. The molecule has 0 aliphatic rings. The van der Waals surface area contributed by atoms with Gasteiger partial charge in [-0.05, 0) is 6.42 Å². The van der Waals surface area contributed by atoms with Gasteiger partial charge in [0.05, 0.1) is 13.2 Å². The normalized spacial score (nSPS) is 10.9. The molecule has 0 aromatic rings. The Bertz CT molecular complexity index is 104. The minimum absolute atomic E-state index is 0.402. The molecule has 0 spiro atoms. The smallest absolute Gasteiger partial charge is 0.146 e. The molecule has 0 bridgehead atoms. The Kier molecular flexibility index (Phi) is 14.8. The molecule has 0 saturated heterocycles. The Balaban J connectivity index is 2.83. The van der Waals surface area contributed by atoms with E-state index in [9.17, 15) is 0 Å². The first-order valence-electron chi connectivity index (χ1n) is 6.56. The van der Waals surface area contributed by atoms with Crippen LogP contribution in [0.15, 0.2) is 0 Å². The van der Waals surface area contributed by atoms with Crippen LogP contribution in [-0.4, -0.2) is 33.7 Å². The van der Waals surface area contributed by atoms with Crippen molar-refractivity contribution in [1.29, 1.82) is 0 Å². The summed E-state index contributed by atoms with van der Waals surface area (Å²) in [5.74, 6) is 0. The van der Waals surface area contributed by atoms with E-state index in [4.69, 9.17) is 14.2 Å². The van der Waals surface area contributed by atoms with Crippen LogP contribution in [0, 0.1) is 0 Å². The molecule has 0 heterocycles. The summed E-state index contributed by atoms with van der Waals surface area (Å²) in [6, 6.07) is 0. The number of ether oxygens (including phenoxy) is 3. The Morgan fingerprint density at radius 2 is 1.31 bits per heavy atom. The van der Waals surface area contributed by atoms with E-state index in [2.05, 4.69) is 6.92 Å². The third-order valence-corrected chi connectivity index (χ3v) is 2.49. The maximum Gasteiger partial charge on any atom is 0.146 e. The summed E-state index contributed by atoms with van der Waals surface area (Å²) in [6.45, 7) is 4.73. The number of methoxy groups -OCH3 is 1. The van der Waals surface area contributed by atoms with Gasteiger partial charge in [0.15, 0.2) is 0 Å². The number of rotatable bonds is 13. The maximum atomic E-state index is 5.33. The second-order valence-electron chi connectivity index (χ2n) is 4.05. The van der Waals surface area contributed by atoms with Gasteiger partial charge in [-0.15, -0.1) is 0 Å². The quantitative estimate of drug-likeness (QED) is 0.360. The largest absolute Gasteiger partial charge is 0.382 e. The summed E-state index contributed by atoms with van der Waals surface area (Å²) in [5, 5.41) is 0. The van der Waals surface area contributed by atoms with Crippen LogP contribution in [-0.2, 0) is 14.2 Å². The fourth-order valence-corrected chi connectivity index (χ4v) is 1.48. The summed E-state index contributed by atoms with van der Waals surface area (Å²) in [7, 11) is 1.67. The van der Waals surface area contributed by atoms with E-state index in [1.54, 1.807) is 7.11 Å². The number of hydrogen-bond donors (Lipinski definition) is 0. The fourth-order valence-electron chi connectivity index (χ4n) is 1.48. The third-order valence-electron chi connectivity index (χ3n) is 2.49. The van der Waals surface area contributed by atoms with E-state index in [-0.39, 0.29) is 0 Å². The van der Waals surface area contributed by atoms with Gasteiger partial charge in [0.1, 0.15) is 6.79 Å². The zero-order chi connectivity index (χ0) is 11.9. The van der Waals surface area contributed by atoms with Crippen molar-refractivity contribution in [2.24, 2.45) is 0 Å². The molecule has 0 rings (SSSR count). The number of hydrogen-bond acceptors (Lipinski definition) is 3. The Hall–Kier alpha value is -0.120. The molecule has 0 radical (unpaired) electrons. The first-order chi connectivity index (χ1) is 7.91. The molecule has 0 aliphatic carbocycles. The highest BCUT2D eigenvalue weighted by Gasteiger charge is 1.92. The van der Waals surface area contributed by atoms with Crippen LogP contribution < -0.4 is 0 Å². The average molecular weight is 232 g/mol. The van der Waals surface area contributed by atoms with Gasteiger partial charge < -0.3 is 14.2 Å². The second kappa shape index (κ2) is 14.9. The van der Waals surface area contributed by atoms with E-state index < -0.39 is 0 Å². The van der Waals surface area contributed by atoms with Crippen LogP contribution in [0.2, 0.25) is 0 Å². The molecule has 0 aromatic carbocycles. The lowest BCUT2D eigenvalue weighted by Gasteiger charge is -2.05. The SMILES string of the molecule is CCCCCCCCCOCOCCOC. The van der Waals surface area contributed by atoms with Crippen molar-refractivity contribution in [3.63, 3.8) is 0 Å². The summed E-state index contributed by atoms with van der Waals surface area (Å²) in [6.07, 6.45) is 9.23. The highest BCUT2D eigenvalue weighted by atomic mass is 16.7. The van der Waals surface area contributed by atoms with Crippen molar-refractivity contribution in [1.82, 2.24) is 0 Å². The monoisotopic (exact) mass is 232 g/mol.